The first-order valence-electron chi connectivity index (χ1n) is 4.68. The average molecular weight is 312 g/mol. The molecule has 20 heavy (non-hydrogen) atoms. The van der Waals surface area contributed by atoms with Gasteiger partial charge in [-0.05, 0) is 6.07 Å². The summed E-state index contributed by atoms with van der Waals surface area (Å²) in [7, 11) is 0. The maximum atomic E-state index is 13.3. The van der Waals surface area contributed by atoms with E-state index >= 15 is 0 Å². The lowest BCUT2D eigenvalue weighted by molar-refractivity contribution is -0.343. The van der Waals surface area contributed by atoms with E-state index in [-0.39, 0.29) is 12.3 Å². The summed E-state index contributed by atoms with van der Waals surface area (Å²) in [5.74, 6) is -21.2. The minimum atomic E-state index is -6.46. The Morgan fingerprint density at radius 1 is 1.05 bits per heavy atom. The van der Waals surface area contributed by atoms with Crippen LogP contribution in [-0.2, 0) is 5.92 Å². The van der Waals surface area contributed by atoms with Crippen LogP contribution in [0, 0.1) is 5.82 Å². The van der Waals surface area contributed by atoms with Crippen LogP contribution in [0.5, 0.6) is 0 Å². The number of hydrogen-bond donors (Lipinski definition) is 1. The summed E-state index contributed by atoms with van der Waals surface area (Å²) < 4.78 is 114. The maximum absolute atomic E-state index is 13.3. The van der Waals surface area contributed by atoms with E-state index in [0.717, 1.165) is 0 Å². The summed E-state index contributed by atoms with van der Waals surface area (Å²) in [5.41, 5.74) is 2.78. The number of hydrogen-bond acceptors (Lipinski definition) is 2. The second-order valence-electron chi connectivity index (χ2n) is 3.66. The molecule has 0 saturated heterocycles. The van der Waals surface area contributed by atoms with Gasteiger partial charge in [-0.15, -0.1) is 0 Å². The molecule has 0 fully saturated rings. The smallest absolute Gasteiger partial charge is 0.381 e. The van der Waals surface area contributed by atoms with Crippen molar-refractivity contribution in [1.29, 1.82) is 0 Å². The fourth-order valence-electron chi connectivity index (χ4n) is 1.15. The molecule has 1 heterocycles. The van der Waals surface area contributed by atoms with E-state index in [1.165, 1.54) is 0 Å². The summed E-state index contributed by atoms with van der Waals surface area (Å²) >= 11 is 0. The van der Waals surface area contributed by atoms with Crippen LogP contribution in [-0.4, -0.2) is 23.3 Å². The van der Waals surface area contributed by atoms with Crippen molar-refractivity contribution in [2.24, 2.45) is 0 Å². The molecule has 0 aliphatic heterocycles. The molecule has 1 aromatic heterocycles. The van der Waals surface area contributed by atoms with Crippen LogP contribution in [0.2, 0.25) is 0 Å². The molecule has 0 amide bonds. The molecule has 0 bridgehead atoms. The first kappa shape index (κ1) is 16.4. The van der Waals surface area contributed by atoms with Gasteiger partial charge >= 0.3 is 24.2 Å². The molecule has 0 spiro atoms. The lowest BCUT2D eigenvalue weighted by Gasteiger charge is -2.32. The number of alkyl halides is 8. The van der Waals surface area contributed by atoms with Gasteiger partial charge in [-0.25, -0.2) is 18.2 Å². The molecule has 2 N–H and O–H groups in total. The van der Waals surface area contributed by atoms with Crippen LogP contribution < -0.4 is 5.73 Å². The Morgan fingerprint density at radius 2 is 1.55 bits per heavy atom. The molecule has 1 rings (SSSR count). The number of aromatic nitrogens is 1. The van der Waals surface area contributed by atoms with Gasteiger partial charge in [-0.2, -0.15) is 26.3 Å². The molecule has 1 aromatic rings. The highest BCUT2D eigenvalue weighted by Gasteiger charge is 2.75. The van der Waals surface area contributed by atoms with Crippen LogP contribution in [0.3, 0.4) is 0 Å². The molecule has 0 atom stereocenters. The third kappa shape index (κ3) is 2.24. The van der Waals surface area contributed by atoms with Crippen LogP contribution in [0.1, 0.15) is 5.56 Å². The summed E-state index contributed by atoms with van der Waals surface area (Å²) in [6, 6.07) is -0.280. The molecule has 0 aliphatic carbocycles. The summed E-state index contributed by atoms with van der Waals surface area (Å²) in [6.45, 7) is 0. The largest absolute Gasteiger partial charge is 0.382 e. The van der Waals surface area contributed by atoms with Gasteiger partial charge in [0.25, 0.3) is 0 Å². The van der Waals surface area contributed by atoms with Crippen molar-refractivity contribution in [3.63, 3.8) is 0 Å². The SMILES string of the molecule is Nc1ncc(C(F)(F)C(F)(F)C(F)(F)C(F)F)cc1F. The van der Waals surface area contributed by atoms with E-state index in [9.17, 15) is 39.5 Å². The summed E-state index contributed by atoms with van der Waals surface area (Å²) in [4.78, 5) is 2.74. The number of pyridine rings is 1. The van der Waals surface area contributed by atoms with Crippen molar-refractivity contribution in [3.8, 4) is 0 Å². The van der Waals surface area contributed by atoms with Gasteiger partial charge in [0, 0.05) is 11.8 Å². The highest BCUT2D eigenvalue weighted by molar-refractivity contribution is 5.34. The molecule has 0 aliphatic rings. The van der Waals surface area contributed by atoms with Crippen LogP contribution in [0.15, 0.2) is 12.3 Å². The van der Waals surface area contributed by atoms with Crippen LogP contribution in [0.25, 0.3) is 0 Å². The second-order valence-corrected chi connectivity index (χ2v) is 3.66. The number of nitrogens with zero attached hydrogens (tertiary/aromatic N) is 1. The zero-order valence-corrected chi connectivity index (χ0v) is 9.16. The predicted molar refractivity (Wildman–Crippen MR) is 48.4 cm³/mol. The van der Waals surface area contributed by atoms with Gasteiger partial charge < -0.3 is 5.73 Å². The zero-order chi connectivity index (χ0) is 15.9. The first-order valence-corrected chi connectivity index (χ1v) is 4.68. The normalized spacial score (nSPS) is 13.9. The summed E-state index contributed by atoms with van der Waals surface area (Å²) in [5, 5.41) is 0. The molecule has 0 saturated carbocycles. The van der Waals surface area contributed by atoms with E-state index in [1.54, 1.807) is 0 Å². The Morgan fingerprint density at radius 3 is 1.95 bits per heavy atom. The van der Waals surface area contributed by atoms with Crippen LogP contribution in [0.4, 0.5) is 45.3 Å². The van der Waals surface area contributed by atoms with Crippen molar-refractivity contribution in [1.82, 2.24) is 4.98 Å². The van der Waals surface area contributed by atoms with Gasteiger partial charge in [0.05, 0.1) is 0 Å². The van der Waals surface area contributed by atoms with Gasteiger partial charge in [0.15, 0.2) is 11.6 Å². The Hall–Kier alpha value is -1.68. The zero-order valence-electron chi connectivity index (χ0n) is 9.16. The molecular formula is C9H5F9N2. The monoisotopic (exact) mass is 312 g/mol. The number of rotatable bonds is 4. The molecule has 11 heteroatoms. The van der Waals surface area contributed by atoms with Gasteiger partial charge in [-0.1, -0.05) is 0 Å². The average Bonchev–Trinajstić information content (AvgIpc) is 2.31. The molecule has 0 aromatic carbocycles. The lowest BCUT2D eigenvalue weighted by atomic mass is 9.98. The van der Waals surface area contributed by atoms with Crippen molar-refractivity contribution in [2.75, 3.05) is 5.73 Å². The van der Waals surface area contributed by atoms with Gasteiger partial charge in [-0.3, -0.25) is 0 Å². The van der Waals surface area contributed by atoms with Gasteiger partial charge in [0.1, 0.15) is 0 Å². The first-order chi connectivity index (χ1) is 8.85. The van der Waals surface area contributed by atoms with E-state index in [0.29, 0.717) is 0 Å². The standard InChI is InChI=1S/C9H5F9N2/c10-4-1-3(2-20-5(4)19)7(13,14)9(17,18)8(15,16)6(11)12/h1-2,6H,(H2,19,20). The Balaban J connectivity index is 3.37. The highest BCUT2D eigenvalue weighted by atomic mass is 19.4. The van der Waals surface area contributed by atoms with E-state index in [2.05, 4.69) is 4.98 Å². The van der Waals surface area contributed by atoms with E-state index < -0.39 is 41.4 Å². The summed E-state index contributed by atoms with van der Waals surface area (Å²) in [6.07, 6.45) is -5.15. The fourth-order valence-corrected chi connectivity index (χ4v) is 1.15. The van der Waals surface area contributed by atoms with Crippen molar-refractivity contribution < 1.29 is 39.5 Å². The molecular weight excluding hydrogens is 307 g/mol. The third-order valence-electron chi connectivity index (χ3n) is 2.32. The molecule has 114 valence electrons. The topological polar surface area (TPSA) is 38.9 Å². The predicted octanol–water partition coefficient (Wildman–Crippen LogP) is 3.43. The number of nitrogen functional groups attached to an aromatic ring is 1. The van der Waals surface area contributed by atoms with Crippen molar-refractivity contribution >= 4 is 5.82 Å². The second kappa shape index (κ2) is 4.70. The van der Waals surface area contributed by atoms with Crippen LogP contribution >= 0.6 is 0 Å². The molecule has 0 unspecified atom stereocenters. The Kier molecular flexibility index (Phi) is 3.85. The number of anilines is 1. The van der Waals surface area contributed by atoms with Crippen molar-refractivity contribution in [2.45, 2.75) is 24.2 Å². The van der Waals surface area contributed by atoms with E-state index in [1.807, 2.05) is 0 Å². The Labute approximate surface area is 105 Å². The number of halogens is 9. The number of nitrogens with two attached hydrogens (primary N) is 1. The minimum Gasteiger partial charge on any atom is -0.381 e. The quantitative estimate of drug-likeness (QED) is 0.865. The molecule has 2 nitrogen and oxygen atoms in total. The lowest BCUT2D eigenvalue weighted by Crippen LogP contribution is -2.56. The fraction of sp³-hybridized carbons (Fsp3) is 0.444. The van der Waals surface area contributed by atoms with Gasteiger partial charge in [0.2, 0.25) is 0 Å². The maximum Gasteiger partial charge on any atom is 0.382 e. The highest BCUT2D eigenvalue weighted by Crippen LogP contribution is 2.53. The third-order valence-corrected chi connectivity index (χ3v) is 2.32. The minimum absolute atomic E-state index is 0.103. The van der Waals surface area contributed by atoms with Crippen molar-refractivity contribution in [3.05, 3.63) is 23.6 Å². The van der Waals surface area contributed by atoms with E-state index in [4.69, 9.17) is 5.73 Å². The Bertz CT molecular complexity index is 500. The molecule has 0 radical (unpaired) electrons.